The molecule has 0 N–H and O–H groups in total. The molecule has 0 bridgehead atoms. The summed E-state index contributed by atoms with van der Waals surface area (Å²) in [5.41, 5.74) is 2.27. The maximum atomic E-state index is 13.1. The highest BCUT2D eigenvalue weighted by Gasteiger charge is 2.30. The Hall–Kier alpha value is -2.60. The van der Waals surface area contributed by atoms with Crippen LogP contribution in [0, 0.1) is 11.7 Å². The Bertz CT molecular complexity index is 842. The van der Waals surface area contributed by atoms with Gasteiger partial charge in [-0.05, 0) is 67.9 Å². The molecule has 0 atom stereocenters. The quantitative estimate of drug-likeness (QED) is 0.756. The molecule has 30 heavy (non-hydrogen) atoms. The molecule has 0 saturated carbocycles. The second-order valence-electron chi connectivity index (χ2n) is 8.19. The van der Waals surface area contributed by atoms with Crippen molar-refractivity contribution in [2.45, 2.75) is 19.4 Å². The third kappa shape index (κ3) is 4.93. The lowest BCUT2D eigenvalue weighted by atomic mass is 9.94. The van der Waals surface area contributed by atoms with Gasteiger partial charge < -0.3 is 14.5 Å². The van der Waals surface area contributed by atoms with E-state index in [9.17, 15) is 9.18 Å². The first-order valence-electron chi connectivity index (χ1n) is 10.8. The molecule has 2 aliphatic heterocycles. The molecule has 5 nitrogen and oxygen atoms in total. The average Bonchev–Trinajstić information content (AvgIpc) is 2.80. The highest BCUT2D eigenvalue weighted by molar-refractivity contribution is 5.79. The molecule has 2 saturated heterocycles. The zero-order chi connectivity index (χ0) is 20.9. The predicted molar refractivity (Wildman–Crippen MR) is 116 cm³/mol. The van der Waals surface area contributed by atoms with E-state index in [4.69, 9.17) is 4.74 Å². The van der Waals surface area contributed by atoms with Crippen molar-refractivity contribution in [1.29, 1.82) is 0 Å². The van der Waals surface area contributed by atoms with Gasteiger partial charge in [0, 0.05) is 44.3 Å². The monoisotopic (exact) mass is 411 g/mol. The van der Waals surface area contributed by atoms with Crippen molar-refractivity contribution < 1.29 is 13.9 Å². The van der Waals surface area contributed by atoms with Gasteiger partial charge in [-0.15, -0.1) is 0 Å². The van der Waals surface area contributed by atoms with Crippen LogP contribution in [0.25, 0.3) is 0 Å². The van der Waals surface area contributed by atoms with Gasteiger partial charge in [-0.3, -0.25) is 9.69 Å². The summed E-state index contributed by atoms with van der Waals surface area (Å²) in [6.45, 7) is 5.86. The smallest absolute Gasteiger partial charge is 0.225 e. The number of rotatable bonds is 5. The molecule has 2 fully saturated rings. The van der Waals surface area contributed by atoms with E-state index in [1.165, 1.54) is 17.7 Å². The second-order valence-corrected chi connectivity index (χ2v) is 8.19. The number of benzene rings is 2. The normalized spacial score (nSPS) is 18.5. The summed E-state index contributed by atoms with van der Waals surface area (Å²) in [4.78, 5) is 19.7. The molecule has 2 aromatic carbocycles. The maximum Gasteiger partial charge on any atom is 0.225 e. The Morgan fingerprint density at radius 1 is 1.00 bits per heavy atom. The number of nitrogens with zero attached hydrogens (tertiary/aromatic N) is 3. The van der Waals surface area contributed by atoms with Gasteiger partial charge in [-0.2, -0.15) is 0 Å². The topological polar surface area (TPSA) is 36.0 Å². The Morgan fingerprint density at radius 2 is 1.70 bits per heavy atom. The fourth-order valence-corrected chi connectivity index (χ4v) is 4.46. The van der Waals surface area contributed by atoms with Gasteiger partial charge in [0.1, 0.15) is 11.6 Å². The summed E-state index contributed by atoms with van der Waals surface area (Å²) in [6, 6.07) is 14.8. The van der Waals surface area contributed by atoms with Crippen molar-refractivity contribution in [3.63, 3.8) is 0 Å². The van der Waals surface area contributed by atoms with E-state index in [0.717, 1.165) is 70.1 Å². The minimum absolute atomic E-state index is 0.129. The van der Waals surface area contributed by atoms with Crippen molar-refractivity contribution in [3.8, 4) is 5.75 Å². The highest BCUT2D eigenvalue weighted by atomic mass is 19.1. The van der Waals surface area contributed by atoms with E-state index < -0.39 is 0 Å². The van der Waals surface area contributed by atoms with Gasteiger partial charge in [-0.1, -0.05) is 12.1 Å². The number of carbonyl (C=O) groups is 1. The van der Waals surface area contributed by atoms with Gasteiger partial charge in [0.2, 0.25) is 5.91 Å². The molecule has 2 aromatic rings. The summed E-state index contributed by atoms with van der Waals surface area (Å²) >= 11 is 0. The largest absolute Gasteiger partial charge is 0.497 e. The lowest BCUT2D eigenvalue weighted by molar-refractivity contribution is -0.137. The molecule has 6 heteroatoms. The number of piperidine rings is 1. The van der Waals surface area contributed by atoms with Crippen LogP contribution in [0.1, 0.15) is 18.4 Å². The zero-order valence-corrected chi connectivity index (χ0v) is 17.6. The van der Waals surface area contributed by atoms with E-state index >= 15 is 0 Å². The molecule has 2 aliphatic rings. The lowest BCUT2D eigenvalue weighted by Gasteiger charge is -2.39. The molecule has 0 unspecified atom stereocenters. The summed E-state index contributed by atoms with van der Waals surface area (Å²) in [7, 11) is 1.69. The summed E-state index contributed by atoms with van der Waals surface area (Å²) < 4.78 is 18.4. The van der Waals surface area contributed by atoms with Crippen LogP contribution >= 0.6 is 0 Å². The second kappa shape index (κ2) is 9.47. The van der Waals surface area contributed by atoms with Crippen molar-refractivity contribution >= 4 is 11.6 Å². The number of carbonyl (C=O) groups excluding carboxylic acids is 1. The van der Waals surface area contributed by atoms with Gasteiger partial charge in [-0.25, -0.2) is 4.39 Å². The molecule has 0 aliphatic carbocycles. The SMILES string of the molecule is COc1cccc(CN2CCC(C(=O)N3CCN(c4ccc(F)cc4)CC3)CC2)c1. The molecule has 1 amide bonds. The number of halogens is 1. The van der Waals surface area contributed by atoms with Gasteiger partial charge in [0.05, 0.1) is 7.11 Å². The van der Waals surface area contributed by atoms with Crippen LogP contribution in [-0.4, -0.2) is 62.1 Å². The summed E-state index contributed by atoms with van der Waals surface area (Å²) in [5, 5.41) is 0. The Kier molecular flexibility index (Phi) is 6.53. The number of methoxy groups -OCH3 is 1. The van der Waals surface area contributed by atoms with Crippen molar-refractivity contribution in [2.24, 2.45) is 5.92 Å². The molecule has 0 radical (unpaired) electrons. The van der Waals surface area contributed by atoms with E-state index in [1.54, 1.807) is 7.11 Å². The lowest BCUT2D eigenvalue weighted by Crippen LogP contribution is -2.51. The highest BCUT2D eigenvalue weighted by Crippen LogP contribution is 2.24. The van der Waals surface area contributed by atoms with Crippen LogP contribution in [0.5, 0.6) is 5.75 Å². The van der Waals surface area contributed by atoms with E-state index in [2.05, 4.69) is 21.9 Å². The van der Waals surface area contributed by atoms with Crippen molar-refractivity contribution in [2.75, 3.05) is 51.3 Å². The van der Waals surface area contributed by atoms with E-state index in [0.29, 0.717) is 5.91 Å². The Morgan fingerprint density at radius 3 is 2.37 bits per heavy atom. The average molecular weight is 412 g/mol. The Labute approximate surface area is 178 Å². The molecule has 2 heterocycles. The molecule has 160 valence electrons. The van der Waals surface area contributed by atoms with Gasteiger partial charge in [0.15, 0.2) is 0 Å². The minimum Gasteiger partial charge on any atom is -0.497 e. The van der Waals surface area contributed by atoms with Crippen LogP contribution in [0.2, 0.25) is 0 Å². The zero-order valence-electron chi connectivity index (χ0n) is 17.6. The first kappa shape index (κ1) is 20.7. The molecule has 0 aromatic heterocycles. The number of hydrogen-bond acceptors (Lipinski definition) is 4. The van der Waals surface area contributed by atoms with Crippen LogP contribution < -0.4 is 9.64 Å². The maximum absolute atomic E-state index is 13.1. The third-order valence-corrected chi connectivity index (χ3v) is 6.26. The van der Waals surface area contributed by atoms with Crippen LogP contribution in [0.3, 0.4) is 0 Å². The number of hydrogen-bond donors (Lipinski definition) is 0. The number of ether oxygens (including phenoxy) is 1. The third-order valence-electron chi connectivity index (χ3n) is 6.26. The fourth-order valence-electron chi connectivity index (χ4n) is 4.46. The standard InChI is InChI=1S/C24H30FN3O2/c1-30-23-4-2-3-19(17-23)18-26-11-9-20(10-12-26)24(29)28-15-13-27(14-16-28)22-7-5-21(25)6-8-22/h2-8,17,20H,9-16,18H2,1H3. The number of anilines is 1. The summed E-state index contributed by atoms with van der Waals surface area (Å²) in [5.74, 6) is 1.10. The number of likely N-dealkylation sites (tertiary alicyclic amines) is 1. The first-order valence-corrected chi connectivity index (χ1v) is 10.8. The molecule has 4 rings (SSSR count). The predicted octanol–water partition coefficient (Wildman–Crippen LogP) is 3.40. The van der Waals surface area contributed by atoms with Gasteiger partial charge in [0.25, 0.3) is 0 Å². The van der Waals surface area contributed by atoms with E-state index in [1.807, 2.05) is 29.2 Å². The fraction of sp³-hybridized carbons (Fsp3) is 0.458. The molecule has 0 spiro atoms. The minimum atomic E-state index is -0.217. The molecular weight excluding hydrogens is 381 g/mol. The van der Waals surface area contributed by atoms with Gasteiger partial charge >= 0.3 is 0 Å². The van der Waals surface area contributed by atoms with Crippen molar-refractivity contribution in [1.82, 2.24) is 9.80 Å². The summed E-state index contributed by atoms with van der Waals surface area (Å²) in [6.07, 6.45) is 1.84. The van der Waals surface area contributed by atoms with Crippen LogP contribution in [0.15, 0.2) is 48.5 Å². The molecular formula is C24H30FN3O2. The number of amides is 1. The number of piperazine rings is 1. The van der Waals surface area contributed by atoms with Crippen molar-refractivity contribution in [3.05, 3.63) is 59.9 Å². The van der Waals surface area contributed by atoms with E-state index in [-0.39, 0.29) is 11.7 Å². The van der Waals surface area contributed by atoms with Crippen LogP contribution in [0.4, 0.5) is 10.1 Å². The Balaban J connectivity index is 1.24. The first-order chi connectivity index (χ1) is 14.6. The van der Waals surface area contributed by atoms with Crippen LogP contribution in [-0.2, 0) is 11.3 Å².